The van der Waals surface area contributed by atoms with Crippen molar-refractivity contribution in [3.63, 3.8) is 0 Å². The van der Waals surface area contributed by atoms with Crippen LogP contribution in [0.15, 0.2) is 5.16 Å². The minimum absolute atomic E-state index is 0.160. The summed E-state index contributed by atoms with van der Waals surface area (Å²) in [6, 6.07) is 0. The molecule has 2 atom stereocenters. The average molecular weight is 593 g/mol. The number of hydrogen-bond donors (Lipinski definition) is 2. The first-order valence-corrected chi connectivity index (χ1v) is 15.0. The van der Waals surface area contributed by atoms with Gasteiger partial charge < -0.3 is 20.2 Å². The van der Waals surface area contributed by atoms with Crippen LogP contribution in [-0.2, 0) is 9.53 Å². The lowest BCUT2D eigenvalue weighted by Crippen LogP contribution is -2.42. The highest BCUT2D eigenvalue weighted by Crippen LogP contribution is 2.37. The first kappa shape index (κ1) is 27.4. The standard InChI is InChI=1S/C25H43Br2N3O3/c26-21-16-20(10-14-30-12-5-2-6-13-30)17-22(27)24(21)33-15-7-11-28-25(31)23(29-32)18-19-8-3-1-4-9-19/h19-22,24,32H,1-18H2,(H,28,31). The summed E-state index contributed by atoms with van der Waals surface area (Å²) in [7, 11) is 0. The molecule has 6 nitrogen and oxygen atoms in total. The van der Waals surface area contributed by atoms with Crippen molar-refractivity contribution < 1.29 is 14.7 Å². The molecular formula is C25H43Br2N3O3. The number of oxime groups is 1. The van der Waals surface area contributed by atoms with E-state index in [4.69, 9.17) is 4.74 Å². The van der Waals surface area contributed by atoms with Crippen LogP contribution in [0.4, 0.5) is 0 Å². The third kappa shape index (κ3) is 9.42. The van der Waals surface area contributed by atoms with Gasteiger partial charge in [0.1, 0.15) is 5.71 Å². The number of carbonyl (C=O) groups is 1. The summed E-state index contributed by atoms with van der Waals surface area (Å²) in [6.45, 7) is 4.93. The second-order valence-electron chi connectivity index (χ2n) is 10.3. The zero-order valence-corrected chi connectivity index (χ0v) is 23.2. The van der Waals surface area contributed by atoms with E-state index in [9.17, 15) is 10.0 Å². The average Bonchev–Trinajstić information content (AvgIpc) is 2.83. The molecule has 1 saturated heterocycles. The highest BCUT2D eigenvalue weighted by molar-refractivity contribution is 9.10. The van der Waals surface area contributed by atoms with Crippen LogP contribution in [-0.4, -0.2) is 70.3 Å². The van der Waals surface area contributed by atoms with Gasteiger partial charge in [-0.05, 0) is 70.0 Å². The molecular weight excluding hydrogens is 550 g/mol. The van der Waals surface area contributed by atoms with Gasteiger partial charge >= 0.3 is 0 Å². The first-order valence-electron chi connectivity index (χ1n) is 13.2. The molecule has 2 unspecified atom stereocenters. The second-order valence-corrected chi connectivity index (χ2v) is 12.6. The predicted molar refractivity (Wildman–Crippen MR) is 141 cm³/mol. The summed E-state index contributed by atoms with van der Waals surface area (Å²) in [5, 5.41) is 15.5. The predicted octanol–water partition coefficient (Wildman–Crippen LogP) is 5.49. The van der Waals surface area contributed by atoms with Crippen LogP contribution in [0.5, 0.6) is 0 Å². The lowest BCUT2D eigenvalue weighted by atomic mass is 9.85. The molecule has 0 spiro atoms. The minimum atomic E-state index is -0.242. The van der Waals surface area contributed by atoms with Crippen LogP contribution >= 0.6 is 31.9 Å². The smallest absolute Gasteiger partial charge is 0.269 e. The first-order chi connectivity index (χ1) is 16.1. The van der Waals surface area contributed by atoms with Crippen LogP contribution in [0.3, 0.4) is 0 Å². The van der Waals surface area contributed by atoms with Crippen molar-refractivity contribution in [2.75, 3.05) is 32.8 Å². The number of carbonyl (C=O) groups excluding carboxylic acids is 1. The van der Waals surface area contributed by atoms with Crippen molar-refractivity contribution in [1.82, 2.24) is 10.2 Å². The fraction of sp³-hybridized carbons (Fsp3) is 0.920. The van der Waals surface area contributed by atoms with Gasteiger partial charge in [-0.25, -0.2) is 0 Å². The lowest BCUT2D eigenvalue weighted by molar-refractivity contribution is -0.115. The fourth-order valence-corrected chi connectivity index (χ4v) is 8.17. The molecule has 8 heteroatoms. The fourth-order valence-electron chi connectivity index (χ4n) is 5.66. The molecule has 0 aromatic carbocycles. The van der Waals surface area contributed by atoms with Crippen LogP contribution < -0.4 is 5.32 Å². The Hall–Kier alpha value is -0.180. The summed E-state index contributed by atoms with van der Waals surface area (Å²) in [5.74, 6) is 0.967. The van der Waals surface area contributed by atoms with Crippen LogP contribution in [0.2, 0.25) is 0 Å². The van der Waals surface area contributed by atoms with Crippen LogP contribution in [0, 0.1) is 11.8 Å². The Bertz CT molecular complexity index is 598. The van der Waals surface area contributed by atoms with E-state index in [1.165, 1.54) is 64.6 Å². The van der Waals surface area contributed by atoms with E-state index in [2.05, 4.69) is 47.2 Å². The zero-order valence-electron chi connectivity index (χ0n) is 20.0. The van der Waals surface area contributed by atoms with Gasteiger partial charge in [0.15, 0.2) is 0 Å². The van der Waals surface area contributed by atoms with Gasteiger partial charge in [0.2, 0.25) is 0 Å². The van der Waals surface area contributed by atoms with Gasteiger partial charge in [0, 0.05) is 29.2 Å². The minimum Gasteiger partial charge on any atom is -0.410 e. The van der Waals surface area contributed by atoms with Crippen molar-refractivity contribution in [3.05, 3.63) is 0 Å². The number of ether oxygens (including phenoxy) is 1. The van der Waals surface area contributed by atoms with Crippen molar-refractivity contribution in [3.8, 4) is 0 Å². The topological polar surface area (TPSA) is 74.2 Å². The number of halogens is 2. The normalized spacial score (nSPS) is 30.3. The highest BCUT2D eigenvalue weighted by atomic mass is 79.9. The number of likely N-dealkylation sites (tertiary alicyclic amines) is 1. The quantitative estimate of drug-likeness (QED) is 0.109. The summed E-state index contributed by atoms with van der Waals surface area (Å²) in [5.41, 5.74) is 0.270. The number of alkyl halides is 2. The molecule has 33 heavy (non-hydrogen) atoms. The molecule has 1 amide bonds. The molecule has 2 aliphatic carbocycles. The van der Waals surface area contributed by atoms with E-state index >= 15 is 0 Å². The van der Waals surface area contributed by atoms with Gasteiger partial charge in [-0.1, -0.05) is 75.5 Å². The van der Waals surface area contributed by atoms with E-state index in [0.717, 1.165) is 38.0 Å². The third-order valence-electron chi connectivity index (χ3n) is 7.64. The molecule has 0 aromatic heterocycles. The van der Waals surface area contributed by atoms with Crippen molar-refractivity contribution in [2.24, 2.45) is 17.0 Å². The molecule has 2 N–H and O–H groups in total. The van der Waals surface area contributed by atoms with Crippen molar-refractivity contribution in [1.29, 1.82) is 0 Å². The van der Waals surface area contributed by atoms with Crippen molar-refractivity contribution >= 4 is 43.5 Å². The molecule has 3 rings (SSSR count). The Morgan fingerprint density at radius 2 is 1.67 bits per heavy atom. The molecule has 2 saturated carbocycles. The van der Waals surface area contributed by atoms with Gasteiger partial charge in [-0.2, -0.15) is 0 Å². The molecule has 190 valence electrons. The Labute approximate surface area is 216 Å². The molecule has 0 bridgehead atoms. The van der Waals surface area contributed by atoms with E-state index in [-0.39, 0.29) is 17.7 Å². The maximum absolute atomic E-state index is 12.4. The zero-order chi connectivity index (χ0) is 23.5. The van der Waals surface area contributed by atoms with Gasteiger partial charge in [-0.3, -0.25) is 4.79 Å². The van der Waals surface area contributed by atoms with E-state index in [0.29, 0.717) is 35.1 Å². The van der Waals surface area contributed by atoms with E-state index in [1.54, 1.807) is 0 Å². The highest BCUT2D eigenvalue weighted by Gasteiger charge is 2.36. The molecule has 3 aliphatic rings. The molecule has 0 radical (unpaired) electrons. The molecule has 1 aliphatic heterocycles. The van der Waals surface area contributed by atoms with Gasteiger partial charge in [0.05, 0.1) is 6.10 Å². The number of piperidine rings is 1. The lowest BCUT2D eigenvalue weighted by Gasteiger charge is -2.38. The molecule has 3 fully saturated rings. The SMILES string of the molecule is O=C(NCCCOC1C(Br)CC(CCN2CCCCC2)CC1Br)C(CC1CCCCC1)=NO. The number of nitrogens with zero attached hydrogens (tertiary/aromatic N) is 2. The second kappa shape index (κ2) is 15.0. The monoisotopic (exact) mass is 591 g/mol. The Kier molecular flexibility index (Phi) is 12.5. The summed E-state index contributed by atoms with van der Waals surface area (Å²) >= 11 is 7.78. The maximum Gasteiger partial charge on any atom is 0.269 e. The largest absolute Gasteiger partial charge is 0.410 e. The van der Waals surface area contributed by atoms with Gasteiger partial charge in [0.25, 0.3) is 5.91 Å². The Morgan fingerprint density at radius 1 is 1.00 bits per heavy atom. The van der Waals surface area contributed by atoms with Crippen molar-refractivity contribution in [2.45, 2.75) is 99.2 Å². The molecule has 0 aromatic rings. The number of hydrogen-bond acceptors (Lipinski definition) is 5. The van der Waals surface area contributed by atoms with Crippen LogP contribution in [0.1, 0.15) is 83.5 Å². The summed E-state index contributed by atoms with van der Waals surface area (Å²) < 4.78 is 6.21. The van der Waals surface area contributed by atoms with Gasteiger partial charge in [-0.15, -0.1) is 0 Å². The Morgan fingerprint density at radius 3 is 2.33 bits per heavy atom. The Balaban J connectivity index is 1.28. The third-order valence-corrected chi connectivity index (χ3v) is 9.43. The van der Waals surface area contributed by atoms with E-state index < -0.39 is 0 Å². The number of nitrogens with one attached hydrogen (secondary N) is 1. The van der Waals surface area contributed by atoms with Crippen LogP contribution in [0.25, 0.3) is 0 Å². The number of amides is 1. The number of rotatable bonds is 11. The summed E-state index contributed by atoms with van der Waals surface area (Å²) in [6.07, 6.45) is 15.2. The maximum atomic E-state index is 12.4. The van der Waals surface area contributed by atoms with E-state index in [1.807, 2.05) is 0 Å². The molecule has 1 heterocycles. The summed E-state index contributed by atoms with van der Waals surface area (Å²) in [4.78, 5) is 15.7.